The van der Waals surface area contributed by atoms with Gasteiger partial charge in [0.1, 0.15) is 11.4 Å². The van der Waals surface area contributed by atoms with Gasteiger partial charge in [-0.15, -0.1) is 11.8 Å². The fourth-order valence-electron chi connectivity index (χ4n) is 2.69. The maximum absolute atomic E-state index is 12.4. The van der Waals surface area contributed by atoms with E-state index in [-0.39, 0.29) is 17.1 Å². The van der Waals surface area contributed by atoms with Crippen LogP contribution in [-0.2, 0) is 28.7 Å². The molecular weight excluding hydrogens is 346 g/mol. The summed E-state index contributed by atoms with van der Waals surface area (Å²) in [7, 11) is 0. The van der Waals surface area contributed by atoms with Gasteiger partial charge in [-0.1, -0.05) is 0 Å². The van der Waals surface area contributed by atoms with E-state index < -0.39 is 34.9 Å². The van der Waals surface area contributed by atoms with Crippen LogP contribution in [0.5, 0.6) is 0 Å². The van der Waals surface area contributed by atoms with Crippen LogP contribution in [0.4, 0.5) is 0 Å². The highest BCUT2D eigenvalue weighted by Crippen LogP contribution is 2.53. The quantitative estimate of drug-likeness (QED) is 0.322. The highest BCUT2D eigenvalue weighted by Gasteiger charge is 2.61. The van der Waals surface area contributed by atoms with Gasteiger partial charge in [0.2, 0.25) is 6.79 Å². The zero-order chi connectivity index (χ0) is 19.2. The topological polar surface area (TPSA) is 90.0 Å². The van der Waals surface area contributed by atoms with E-state index in [4.69, 9.17) is 9.47 Å². The van der Waals surface area contributed by atoms with Gasteiger partial charge in [0.05, 0.1) is 11.0 Å². The molecule has 0 N–H and O–H groups in total. The second-order valence-corrected chi connectivity index (χ2v) is 9.40. The normalized spacial score (nSPS) is 26.1. The van der Waals surface area contributed by atoms with Crippen molar-refractivity contribution in [2.45, 2.75) is 57.7 Å². The van der Waals surface area contributed by atoms with E-state index in [9.17, 15) is 19.2 Å². The van der Waals surface area contributed by atoms with Crippen LogP contribution >= 0.6 is 11.8 Å². The van der Waals surface area contributed by atoms with Crippen LogP contribution in [0.25, 0.3) is 0 Å². The van der Waals surface area contributed by atoms with Crippen LogP contribution in [0.15, 0.2) is 11.6 Å². The highest BCUT2D eigenvalue weighted by molar-refractivity contribution is 8.01. The molecule has 25 heavy (non-hydrogen) atoms. The summed E-state index contributed by atoms with van der Waals surface area (Å²) in [5.74, 6) is -1.66. The molecule has 8 heteroatoms. The number of ether oxygens (including phenoxy) is 2. The molecule has 0 spiro atoms. The molecule has 2 fully saturated rings. The smallest absolute Gasteiger partial charge is 0.333 e. The van der Waals surface area contributed by atoms with Crippen molar-refractivity contribution in [3.8, 4) is 0 Å². The molecule has 2 atom stereocenters. The van der Waals surface area contributed by atoms with Crippen molar-refractivity contribution in [2.24, 2.45) is 5.41 Å². The summed E-state index contributed by atoms with van der Waals surface area (Å²) in [6.07, 6.45) is 1.31. The van der Waals surface area contributed by atoms with Gasteiger partial charge in [-0.3, -0.25) is 14.4 Å². The first-order valence-electron chi connectivity index (χ1n) is 7.93. The van der Waals surface area contributed by atoms with Gasteiger partial charge < -0.3 is 14.4 Å². The third kappa shape index (κ3) is 3.73. The van der Waals surface area contributed by atoms with E-state index in [1.165, 1.54) is 29.7 Å². The van der Waals surface area contributed by atoms with Crippen LogP contribution in [-0.4, -0.2) is 51.5 Å². The first-order valence-corrected chi connectivity index (χ1v) is 8.80. The molecule has 0 saturated carbocycles. The number of ketones is 1. The number of fused-ring (bicyclic) bond motifs is 1. The third-order valence-electron chi connectivity index (χ3n) is 3.94. The van der Waals surface area contributed by atoms with E-state index in [2.05, 4.69) is 0 Å². The molecule has 2 saturated heterocycles. The van der Waals surface area contributed by atoms with Crippen LogP contribution in [0, 0.1) is 5.41 Å². The van der Waals surface area contributed by atoms with E-state index in [1.807, 2.05) is 13.8 Å². The monoisotopic (exact) mass is 369 g/mol. The molecule has 0 bridgehead atoms. The van der Waals surface area contributed by atoms with Crippen LogP contribution in [0.3, 0.4) is 0 Å². The van der Waals surface area contributed by atoms with Crippen molar-refractivity contribution in [1.29, 1.82) is 0 Å². The van der Waals surface area contributed by atoms with E-state index >= 15 is 0 Å². The lowest BCUT2D eigenvalue weighted by molar-refractivity contribution is -0.178. The number of allylic oxidation sites excluding steroid dienone is 1. The number of thioether (sulfide) groups is 1. The largest absolute Gasteiger partial charge is 0.427 e. The van der Waals surface area contributed by atoms with Gasteiger partial charge in [0.25, 0.3) is 5.91 Å². The van der Waals surface area contributed by atoms with Gasteiger partial charge in [-0.25, -0.2) is 4.79 Å². The molecule has 2 heterocycles. The molecule has 138 valence electrons. The van der Waals surface area contributed by atoms with E-state index in [0.29, 0.717) is 5.57 Å². The lowest BCUT2D eigenvalue weighted by Crippen LogP contribution is -2.59. The average Bonchev–Trinajstić information content (AvgIpc) is 2.72. The Bertz CT molecular complexity index is 661. The zero-order valence-corrected chi connectivity index (χ0v) is 16.1. The number of amides is 1. The van der Waals surface area contributed by atoms with Crippen LogP contribution < -0.4 is 0 Å². The molecule has 0 radical (unpaired) electrons. The standard InChI is InChI=1S/C17H23NO6S/c1-9(19)7-10-12(20)18-11(17(5,6)25-13(10)18)14(21)23-8-24-15(22)16(2,3)4/h7,11,13H,8H2,1-6H3/b10-7+/t11-,13+/m0/s1. The van der Waals surface area contributed by atoms with Gasteiger partial charge >= 0.3 is 11.9 Å². The van der Waals surface area contributed by atoms with Crippen molar-refractivity contribution in [1.82, 2.24) is 4.90 Å². The summed E-state index contributed by atoms with van der Waals surface area (Å²) in [5, 5.41) is -0.332. The van der Waals surface area contributed by atoms with Gasteiger partial charge in [-0.05, 0) is 47.6 Å². The minimum atomic E-state index is -0.799. The first kappa shape index (κ1) is 19.5. The maximum atomic E-state index is 12.4. The number of hydrogen-bond donors (Lipinski definition) is 0. The molecule has 0 unspecified atom stereocenters. The molecule has 1 amide bonds. The number of carbonyl (C=O) groups excluding carboxylic acids is 4. The Balaban J connectivity index is 2.04. The average molecular weight is 369 g/mol. The van der Waals surface area contributed by atoms with Crippen molar-refractivity contribution in [3.05, 3.63) is 11.6 Å². The predicted octanol–water partition coefficient (Wildman–Crippen LogP) is 1.65. The summed E-state index contributed by atoms with van der Waals surface area (Å²) in [6.45, 7) is 9.64. The minimum absolute atomic E-state index is 0.207. The summed E-state index contributed by atoms with van der Waals surface area (Å²) in [6, 6.07) is -0.799. The van der Waals surface area contributed by atoms with Crippen molar-refractivity contribution in [3.63, 3.8) is 0 Å². The highest BCUT2D eigenvalue weighted by atomic mass is 32.2. The van der Waals surface area contributed by atoms with Crippen LogP contribution in [0.2, 0.25) is 0 Å². The second-order valence-electron chi connectivity index (χ2n) is 7.66. The van der Waals surface area contributed by atoms with Crippen molar-refractivity contribution in [2.75, 3.05) is 6.79 Å². The number of carbonyl (C=O) groups is 4. The summed E-state index contributed by atoms with van der Waals surface area (Å²) in [4.78, 5) is 49.1. The van der Waals surface area contributed by atoms with E-state index in [0.717, 1.165) is 0 Å². The zero-order valence-electron chi connectivity index (χ0n) is 15.2. The molecule has 2 aliphatic rings. The number of β-lactam (4-membered cyclic amide) rings is 1. The second kappa shape index (κ2) is 6.48. The molecule has 0 aromatic heterocycles. The molecule has 2 aliphatic heterocycles. The molecule has 0 aromatic carbocycles. The Morgan fingerprint density at radius 1 is 1.24 bits per heavy atom. The van der Waals surface area contributed by atoms with Crippen molar-refractivity contribution < 1.29 is 28.7 Å². The van der Waals surface area contributed by atoms with Gasteiger partial charge in [-0.2, -0.15) is 0 Å². The lowest BCUT2D eigenvalue weighted by Gasteiger charge is -2.39. The number of hydrogen-bond acceptors (Lipinski definition) is 7. The summed E-state index contributed by atoms with van der Waals surface area (Å²) >= 11 is 1.43. The van der Waals surface area contributed by atoms with Gasteiger partial charge in [0, 0.05) is 4.75 Å². The van der Waals surface area contributed by atoms with E-state index in [1.54, 1.807) is 20.8 Å². The van der Waals surface area contributed by atoms with Crippen molar-refractivity contribution >= 4 is 35.4 Å². The minimum Gasteiger partial charge on any atom is -0.427 e. The van der Waals surface area contributed by atoms with Gasteiger partial charge in [0.15, 0.2) is 5.78 Å². The Kier molecular flexibility index (Phi) is 5.05. The first-order chi connectivity index (χ1) is 11.4. The number of esters is 2. The number of nitrogens with zero attached hydrogens (tertiary/aromatic N) is 1. The molecule has 0 aromatic rings. The molecular formula is C17H23NO6S. The maximum Gasteiger partial charge on any atom is 0.333 e. The summed E-state index contributed by atoms with van der Waals surface area (Å²) < 4.78 is 9.42. The SMILES string of the molecule is CC(=O)/C=C1\C(=O)N2[C@@H]1SC(C)(C)[C@@H]2C(=O)OCOC(=O)C(C)(C)C. The number of rotatable bonds is 4. The predicted molar refractivity (Wildman–Crippen MR) is 91.4 cm³/mol. The Morgan fingerprint density at radius 3 is 2.36 bits per heavy atom. The molecule has 2 rings (SSSR count). The molecule has 0 aliphatic carbocycles. The Hall–Kier alpha value is -1.83. The molecule has 7 nitrogen and oxygen atoms in total. The fraction of sp³-hybridized carbons (Fsp3) is 0.647. The lowest BCUT2D eigenvalue weighted by atomic mass is 9.95. The van der Waals surface area contributed by atoms with Crippen LogP contribution in [0.1, 0.15) is 41.5 Å². The Morgan fingerprint density at radius 2 is 1.84 bits per heavy atom. The fourth-order valence-corrected chi connectivity index (χ4v) is 4.23. The summed E-state index contributed by atoms with van der Waals surface area (Å²) in [5.41, 5.74) is -0.292. The third-order valence-corrected chi connectivity index (χ3v) is 5.47. The Labute approximate surface area is 151 Å².